The van der Waals surface area contributed by atoms with E-state index in [1.807, 2.05) is 0 Å². The number of benzene rings is 5. The van der Waals surface area contributed by atoms with E-state index in [1.54, 1.807) is 48.5 Å². The molecule has 0 N–H and O–H groups in total. The van der Waals surface area contributed by atoms with E-state index in [0.29, 0.717) is 34.7 Å². The molecule has 5 nitrogen and oxygen atoms in total. The molecule has 20 heteroatoms. The smallest absolute Gasteiger partial charge is 0.460 e. The molecule has 0 aliphatic carbocycles. The Morgan fingerprint density at radius 3 is 1.54 bits per heavy atom. The highest BCUT2D eigenvalue weighted by Crippen LogP contribution is 2.72. The van der Waals surface area contributed by atoms with Crippen molar-refractivity contribution < 1.29 is 74.3 Å². The first-order valence-electron chi connectivity index (χ1n) is 15.7. The van der Waals surface area contributed by atoms with E-state index in [0.717, 1.165) is 55.3 Å². The number of rotatable bonds is 13. The predicted molar refractivity (Wildman–Crippen MR) is 185 cm³/mol. The van der Waals surface area contributed by atoms with Crippen molar-refractivity contribution in [2.75, 3.05) is 7.11 Å². The summed E-state index contributed by atoms with van der Waals surface area (Å²) in [5.41, 5.74) is -0.803. The van der Waals surface area contributed by atoms with Crippen LogP contribution >= 0.6 is 22.1 Å². The molecule has 57 heavy (non-hydrogen) atoms. The number of hydrogen-bond donors (Lipinski definition) is 0. The molecule has 0 aliphatic rings. The number of methoxy groups -OCH3 is 1. The van der Waals surface area contributed by atoms with Crippen LogP contribution in [0, 0.1) is 0 Å². The average Bonchev–Trinajstić information content (AvgIpc) is 3.16. The fraction of sp³-hybridized carbons (Fsp3) is 0.162. The van der Waals surface area contributed by atoms with Gasteiger partial charge >= 0.3 is 39.6 Å². The zero-order valence-corrected chi connectivity index (χ0v) is 30.9. The van der Waals surface area contributed by atoms with Crippen LogP contribution in [0.25, 0.3) is 0 Å². The van der Waals surface area contributed by atoms with Crippen LogP contribution in [-0.2, 0) is 19.9 Å². The Bertz CT molecular complexity index is 2320. The minimum Gasteiger partial charge on any atom is -0.497 e. The van der Waals surface area contributed by atoms with Gasteiger partial charge in [0.1, 0.15) is 5.75 Å². The molecule has 0 aliphatic heterocycles. The van der Waals surface area contributed by atoms with Gasteiger partial charge in [-0.25, -0.2) is 3.63 Å². The van der Waals surface area contributed by atoms with Crippen molar-refractivity contribution >= 4 is 38.0 Å². The first kappa shape index (κ1) is 43.5. The zero-order valence-electron chi connectivity index (χ0n) is 28.4. The number of halogens is 12. The van der Waals surface area contributed by atoms with Gasteiger partial charge in [-0.2, -0.15) is 61.1 Å². The second-order valence-electron chi connectivity index (χ2n) is 11.7. The minimum atomic E-state index is -7.69. The zero-order chi connectivity index (χ0) is 42.2. The van der Waals surface area contributed by atoms with Crippen LogP contribution < -0.4 is 4.74 Å². The molecule has 304 valence electrons. The van der Waals surface area contributed by atoms with Gasteiger partial charge < -0.3 is 4.74 Å². The third-order valence-electron chi connectivity index (χ3n) is 8.08. The van der Waals surface area contributed by atoms with E-state index < -0.39 is 70.1 Å². The van der Waals surface area contributed by atoms with Gasteiger partial charge in [0, 0.05) is 35.6 Å². The van der Waals surface area contributed by atoms with Crippen LogP contribution in [0.5, 0.6) is 5.75 Å². The molecule has 0 saturated heterocycles. The van der Waals surface area contributed by atoms with E-state index in [1.165, 1.54) is 18.2 Å². The summed E-state index contributed by atoms with van der Waals surface area (Å²) in [5.74, 6) is -15.7. The van der Waals surface area contributed by atoms with Crippen LogP contribution in [0.2, 0.25) is 0 Å². The molecule has 0 amide bonds. The highest BCUT2D eigenvalue weighted by molar-refractivity contribution is 8.33. The van der Waals surface area contributed by atoms with Gasteiger partial charge in [-0.05, 0) is 95.2 Å². The number of ether oxygens (including phenoxy) is 1. The number of hydrogen-bond acceptors (Lipinski definition) is 6. The Hall–Kier alpha value is -4.66. The highest BCUT2D eigenvalue weighted by atomic mass is 32.3. The average molecular weight is 873 g/mol. The SMILES string of the molecule is COc1ccc(S(OS(=O)(=O)C(F)(F)C(F)(F)C(F)(F)C(F)(F)F)(c2ccc(Sc3ccccc3C(=O)c3ccccc3)cc2)c2ccc(C(F)(F)F)cc2)cc1. The van der Waals surface area contributed by atoms with Gasteiger partial charge in [0.05, 0.1) is 12.7 Å². The molecule has 1 unspecified atom stereocenters. The molecule has 5 rings (SSSR count). The lowest BCUT2D eigenvalue weighted by atomic mass is 10.0. The van der Waals surface area contributed by atoms with E-state index in [4.69, 9.17) is 8.37 Å². The summed E-state index contributed by atoms with van der Waals surface area (Å²) in [4.78, 5) is 12.1. The molecule has 0 radical (unpaired) electrons. The lowest BCUT2D eigenvalue weighted by Crippen LogP contribution is -2.63. The number of carbonyl (C=O) groups excluding carboxylic acids is 1. The first-order valence-corrected chi connectivity index (χ1v) is 19.5. The molecule has 5 aromatic rings. The van der Waals surface area contributed by atoms with Gasteiger partial charge in [0.25, 0.3) is 0 Å². The topological polar surface area (TPSA) is 69.7 Å². The van der Waals surface area contributed by atoms with E-state index in [9.17, 15) is 57.1 Å². The van der Waals surface area contributed by atoms with Crippen molar-refractivity contribution in [1.82, 2.24) is 0 Å². The lowest BCUT2D eigenvalue weighted by Gasteiger charge is -2.41. The number of carbonyl (C=O) groups is 1. The van der Waals surface area contributed by atoms with Crippen molar-refractivity contribution in [2.24, 2.45) is 0 Å². The van der Waals surface area contributed by atoms with Crippen molar-refractivity contribution in [3.05, 3.63) is 144 Å². The van der Waals surface area contributed by atoms with E-state index in [2.05, 4.69) is 0 Å². The molecule has 0 bridgehead atoms. The van der Waals surface area contributed by atoms with Crippen LogP contribution in [0.1, 0.15) is 21.5 Å². The maximum Gasteiger partial charge on any atom is 0.460 e. The molecule has 5 aromatic carbocycles. The third kappa shape index (κ3) is 8.08. The van der Waals surface area contributed by atoms with E-state index in [-0.39, 0.29) is 22.0 Å². The third-order valence-corrected chi connectivity index (χ3v) is 14.4. The van der Waals surface area contributed by atoms with Gasteiger partial charge in [0.2, 0.25) is 0 Å². The second kappa shape index (κ2) is 15.6. The lowest BCUT2D eigenvalue weighted by molar-refractivity contribution is -0.382. The Balaban J connectivity index is 1.72. The van der Waals surface area contributed by atoms with Crippen LogP contribution in [0.15, 0.2) is 152 Å². The fourth-order valence-corrected chi connectivity index (χ4v) is 11.3. The van der Waals surface area contributed by atoms with Crippen molar-refractivity contribution in [1.29, 1.82) is 0 Å². The predicted octanol–water partition coefficient (Wildman–Crippen LogP) is 12.1. The maximum absolute atomic E-state index is 15.3. The molecule has 0 fully saturated rings. The van der Waals surface area contributed by atoms with Crippen LogP contribution in [0.3, 0.4) is 0 Å². The Labute approximate surface area is 322 Å². The summed E-state index contributed by atoms with van der Waals surface area (Å²) in [7, 11) is -11.1. The second-order valence-corrected chi connectivity index (χ2v) is 17.3. The van der Waals surface area contributed by atoms with Gasteiger partial charge in [-0.3, -0.25) is 4.79 Å². The summed E-state index contributed by atoms with van der Waals surface area (Å²) in [5, 5.41) is -7.32. The minimum absolute atomic E-state index is 0.0134. The largest absolute Gasteiger partial charge is 0.497 e. The standard InChI is InChI=1S/C37H24F12O5S3/c1-53-25-13-19-28(20-14-25)56(27-17-11-24(12-18-27)33(38,39)40,54-57(51,52)37(48,49)35(43,44)34(41,42)36(45,46)47)29-21-15-26(16-22-29)55-31-10-6-5-9-30(31)32(50)23-7-3-2-4-8-23/h2-22H,1H3. The summed E-state index contributed by atoms with van der Waals surface area (Å²) in [6, 6.07) is 24.6. The monoisotopic (exact) mass is 872 g/mol. The fourth-order valence-electron chi connectivity index (χ4n) is 5.14. The summed E-state index contributed by atoms with van der Waals surface area (Å²) in [6.07, 6.45) is -12.4. The summed E-state index contributed by atoms with van der Waals surface area (Å²) in [6.45, 7) is 0. The molecule has 1 atom stereocenters. The van der Waals surface area contributed by atoms with Crippen molar-refractivity contribution in [2.45, 2.75) is 53.9 Å². The van der Waals surface area contributed by atoms with Gasteiger partial charge in [-0.1, -0.05) is 54.2 Å². The molecule has 0 heterocycles. The Morgan fingerprint density at radius 1 is 0.579 bits per heavy atom. The van der Waals surface area contributed by atoms with E-state index >= 15 is 8.78 Å². The number of alkyl halides is 12. The molecule has 0 saturated carbocycles. The van der Waals surface area contributed by atoms with Gasteiger partial charge in [0.15, 0.2) is 5.78 Å². The van der Waals surface area contributed by atoms with Crippen molar-refractivity contribution in [3.8, 4) is 5.75 Å². The normalized spacial score (nSPS) is 14.8. The molecular formula is C37H24F12O5S3. The summed E-state index contributed by atoms with van der Waals surface area (Å²) >= 11 is 0.962. The quantitative estimate of drug-likeness (QED) is 0.0867. The maximum atomic E-state index is 15.3. The molecule has 0 spiro atoms. The first-order chi connectivity index (χ1) is 26.4. The number of ketones is 1. The summed E-state index contributed by atoms with van der Waals surface area (Å²) < 4.78 is 204. The van der Waals surface area contributed by atoms with Crippen LogP contribution in [-0.4, -0.2) is 44.6 Å². The highest BCUT2D eigenvalue weighted by Gasteiger charge is 2.86. The van der Waals surface area contributed by atoms with Gasteiger partial charge in [-0.15, -0.1) is 0 Å². The Morgan fingerprint density at radius 2 is 1.05 bits per heavy atom. The molecule has 0 aromatic heterocycles. The van der Waals surface area contributed by atoms with Crippen molar-refractivity contribution in [3.63, 3.8) is 0 Å². The molecular weight excluding hydrogens is 849 g/mol. The van der Waals surface area contributed by atoms with Crippen LogP contribution in [0.4, 0.5) is 52.7 Å². The Kier molecular flexibility index (Phi) is 11.9.